The number of rotatable bonds is 5. The Morgan fingerprint density at radius 2 is 1.93 bits per heavy atom. The maximum atomic E-state index is 12.7. The first-order valence-corrected chi connectivity index (χ1v) is 10.2. The lowest BCUT2D eigenvalue weighted by molar-refractivity contribution is 0.0992. The molecule has 0 atom stereocenters. The van der Waals surface area contributed by atoms with Crippen molar-refractivity contribution in [2.24, 2.45) is 0 Å². The van der Waals surface area contributed by atoms with Gasteiger partial charge in [0.25, 0.3) is 0 Å². The molecule has 0 aliphatic rings. The van der Waals surface area contributed by atoms with E-state index in [0.29, 0.717) is 11.4 Å². The van der Waals surface area contributed by atoms with Crippen LogP contribution in [0.5, 0.6) is 0 Å². The highest BCUT2D eigenvalue weighted by Crippen LogP contribution is 2.33. The Morgan fingerprint density at radius 3 is 2.70 bits per heavy atom. The van der Waals surface area contributed by atoms with Crippen LogP contribution in [-0.4, -0.2) is 20.7 Å². The van der Waals surface area contributed by atoms with Gasteiger partial charge >= 0.3 is 0 Å². The topological polar surface area (TPSA) is 55.7 Å². The number of pyridine rings is 1. The number of aromatic nitrogens is 3. The van der Waals surface area contributed by atoms with Crippen LogP contribution in [0.3, 0.4) is 0 Å². The molecule has 0 N–H and O–H groups in total. The van der Waals surface area contributed by atoms with Crippen LogP contribution < -0.4 is 0 Å². The van der Waals surface area contributed by atoms with Crippen molar-refractivity contribution in [1.82, 2.24) is 15.0 Å². The Kier molecular flexibility index (Phi) is 4.92. The number of hydrogen-bond acceptors (Lipinski definition) is 6. The highest BCUT2D eigenvalue weighted by Gasteiger charge is 2.15. The van der Waals surface area contributed by atoms with Crippen molar-refractivity contribution in [1.29, 1.82) is 0 Å². The molecular formula is C21H17N3OS2. The fourth-order valence-corrected chi connectivity index (χ4v) is 4.43. The second-order valence-electron chi connectivity index (χ2n) is 6.30. The van der Waals surface area contributed by atoms with Crippen molar-refractivity contribution in [3.8, 4) is 21.0 Å². The lowest BCUT2D eigenvalue weighted by Crippen LogP contribution is -2.04. The summed E-state index contributed by atoms with van der Waals surface area (Å²) < 4.78 is 0. The van der Waals surface area contributed by atoms with Crippen LogP contribution in [0.25, 0.3) is 21.0 Å². The second-order valence-corrected chi connectivity index (χ2v) is 8.22. The molecule has 0 aliphatic heterocycles. The molecule has 0 unspecified atom stereocenters. The Labute approximate surface area is 165 Å². The predicted molar refractivity (Wildman–Crippen MR) is 110 cm³/mol. The van der Waals surface area contributed by atoms with Crippen LogP contribution in [0.1, 0.15) is 26.5 Å². The minimum absolute atomic E-state index is 0.0364. The summed E-state index contributed by atoms with van der Waals surface area (Å²) in [4.78, 5) is 26.5. The zero-order valence-electron chi connectivity index (χ0n) is 15.0. The molecule has 27 heavy (non-hydrogen) atoms. The van der Waals surface area contributed by atoms with Gasteiger partial charge in [-0.15, -0.1) is 22.7 Å². The summed E-state index contributed by atoms with van der Waals surface area (Å²) in [5, 5.41) is 3.50. The summed E-state index contributed by atoms with van der Waals surface area (Å²) >= 11 is 3.06. The Morgan fingerprint density at radius 1 is 1.04 bits per heavy atom. The fourth-order valence-electron chi connectivity index (χ4n) is 2.86. The smallest absolute Gasteiger partial charge is 0.195 e. The van der Waals surface area contributed by atoms with E-state index in [2.05, 4.69) is 40.1 Å². The van der Waals surface area contributed by atoms with E-state index in [-0.39, 0.29) is 5.78 Å². The summed E-state index contributed by atoms with van der Waals surface area (Å²) in [6, 6.07) is 8.19. The number of aryl methyl sites for hydroxylation is 2. The van der Waals surface area contributed by atoms with Crippen LogP contribution in [0.15, 0.2) is 54.4 Å². The van der Waals surface area contributed by atoms with Crippen molar-refractivity contribution in [3.05, 3.63) is 76.1 Å². The van der Waals surface area contributed by atoms with Gasteiger partial charge in [-0.05, 0) is 48.2 Å². The molecule has 0 spiro atoms. The fraction of sp³-hybridized carbons (Fsp3) is 0.143. The third kappa shape index (κ3) is 3.72. The lowest BCUT2D eigenvalue weighted by Gasteiger charge is -2.05. The molecule has 4 nitrogen and oxygen atoms in total. The van der Waals surface area contributed by atoms with Gasteiger partial charge in [-0.2, -0.15) is 0 Å². The van der Waals surface area contributed by atoms with Gasteiger partial charge in [0.15, 0.2) is 10.8 Å². The van der Waals surface area contributed by atoms with Crippen molar-refractivity contribution in [2.75, 3.05) is 0 Å². The molecule has 0 radical (unpaired) electrons. The van der Waals surface area contributed by atoms with Gasteiger partial charge in [0.1, 0.15) is 5.01 Å². The number of Topliss-reactive ketones (excluding diaryl/α,β-unsaturated/α-hetero) is 1. The summed E-state index contributed by atoms with van der Waals surface area (Å²) in [7, 11) is 0. The van der Waals surface area contributed by atoms with E-state index in [0.717, 1.165) is 37.7 Å². The molecule has 0 bridgehead atoms. The first-order valence-electron chi connectivity index (χ1n) is 8.51. The summed E-state index contributed by atoms with van der Waals surface area (Å²) in [5.41, 5.74) is 5.35. The SMILES string of the molecule is Cc1cnccc1CC(=O)c1ncc(-c2cc(-c3nccs3)ccc2C)s1. The van der Waals surface area contributed by atoms with Crippen molar-refractivity contribution in [3.63, 3.8) is 0 Å². The zero-order valence-corrected chi connectivity index (χ0v) is 16.6. The molecule has 3 aromatic heterocycles. The molecule has 0 aliphatic carbocycles. The molecule has 0 amide bonds. The largest absolute Gasteiger partial charge is 0.291 e. The van der Waals surface area contributed by atoms with Gasteiger partial charge < -0.3 is 0 Å². The Bertz CT molecular complexity index is 1100. The molecule has 134 valence electrons. The minimum Gasteiger partial charge on any atom is -0.291 e. The molecular weight excluding hydrogens is 374 g/mol. The predicted octanol–water partition coefficient (Wildman–Crippen LogP) is 5.37. The maximum absolute atomic E-state index is 12.7. The van der Waals surface area contributed by atoms with Crippen LogP contribution in [-0.2, 0) is 6.42 Å². The van der Waals surface area contributed by atoms with Gasteiger partial charge in [-0.3, -0.25) is 9.78 Å². The first-order chi connectivity index (χ1) is 13.1. The number of benzene rings is 1. The van der Waals surface area contributed by atoms with E-state index in [4.69, 9.17) is 0 Å². The molecule has 0 saturated carbocycles. The average molecular weight is 392 g/mol. The Balaban J connectivity index is 1.62. The van der Waals surface area contributed by atoms with E-state index in [1.807, 2.05) is 24.6 Å². The van der Waals surface area contributed by atoms with Crippen molar-refractivity contribution in [2.45, 2.75) is 20.3 Å². The molecule has 4 rings (SSSR count). The highest BCUT2D eigenvalue weighted by atomic mass is 32.1. The summed E-state index contributed by atoms with van der Waals surface area (Å²) in [6.07, 6.45) is 7.45. The Hall–Kier alpha value is -2.70. The van der Waals surface area contributed by atoms with E-state index >= 15 is 0 Å². The monoisotopic (exact) mass is 391 g/mol. The van der Waals surface area contributed by atoms with Crippen molar-refractivity contribution < 1.29 is 4.79 Å². The maximum Gasteiger partial charge on any atom is 0.195 e. The standard InChI is InChI=1S/C21H17N3OS2/c1-13-3-4-16(20-23-7-8-26-20)9-17(13)19-12-24-21(27-19)18(25)10-15-5-6-22-11-14(15)2/h3-9,11-12H,10H2,1-2H3. The van der Waals surface area contributed by atoms with Gasteiger partial charge in [-0.25, -0.2) is 9.97 Å². The second kappa shape index (κ2) is 7.50. The van der Waals surface area contributed by atoms with Gasteiger partial charge in [-0.1, -0.05) is 12.1 Å². The van der Waals surface area contributed by atoms with Gasteiger partial charge in [0, 0.05) is 42.2 Å². The average Bonchev–Trinajstić information content (AvgIpc) is 3.36. The number of thiazole rings is 2. The van der Waals surface area contributed by atoms with Crippen molar-refractivity contribution >= 4 is 28.5 Å². The number of carbonyl (C=O) groups excluding carboxylic acids is 1. The van der Waals surface area contributed by atoms with Crippen LogP contribution in [0.4, 0.5) is 0 Å². The third-order valence-corrected chi connectivity index (χ3v) is 6.31. The highest BCUT2D eigenvalue weighted by molar-refractivity contribution is 7.17. The minimum atomic E-state index is 0.0364. The molecule has 1 aromatic carbocycles. The van der Waals surface area contributed by atoms with E-state index in [1.165, 1.54) is 11.3 Å². The van der Waals surface area contributed by atoms with Crippen LogP contribution >= 0.6 is 22.7 Å². The number of hydrogen-bond donors (Lipinski definition) is 0. The molecule has 3 heterocycles. The van der Waals surface area contributed by atoms with E-state index < -0.39 is 0 Å². The van der Waals surface area contributed by atoms with E-state index in [9.17, 15) is 4.79 Å². The number of nitrogens with zero attached hydrogens (tertiary/aromatic N) is 3. The quantitative estimate of drug-likeness (QED) is 0.429. The first kappa shape index (κ1) is 17.7. The number of ketones is 1. The summed E-state index contributed by atoms with van der Waals surface area (Å²) in [5.74, 6) is 0.0364. The summed E-state index contributed by atoms with van der Waals surface area (Å²) in [6.45, 7) is 4.04. The van der Waals surface area contributed by atoms with Gasteiger partial charge in [0.05, 0.1) is 4.88 Å². The van der Waals surface area contributed by atoms with Crippen LogP contribution in [0.2, 0.25) is 0 Å². The molecule has 6 heteroatoms. The van der Waals surface area contributed by atoms with Crippen LogP contribution in [0, 0.1) is 13.8 Å². The molecule has 0 fully saturated rings. The molecule has 4 aromatic rings. The van der Waals surface area contributed by atoms with Gasteiger partial charge in [0.2, 0.25) is 0 Å². The number of carbonyl (C=O) groups is 1. The van der Waals surface area contributed by atoms with E-state index in [1.54, 1.807) is 29.9 Å². The normalized spacial score (nSPS) is 10.9. The third-order valence-electron chi connectivity index (χ3n) is 4.41. The zero-order chi connectivity index (χ0) is 18.8. The lowest BCUT2D eigenvalue weighted by atomic mass is 10.0. The molecule has 0 saturated heterocycles.